The third kappa shape index (κ3) is 3.88. The lowest BCUT2D eigenvalue weighted by Crippen LogP contribution is -2.48. The van der Waals surface area contributed by atoms with Crippen molar-refractivity contribution in [1.29, 1.82) is 0 Å². The second kappa shape index (κ2) is 6.57. The molecule has 1 atom stereocenters. The standard InChI is InChI=1S/C17H17ClN2O4S/c1-11-3-6-13(7-4-11)19-17(21)16-10-20(25(2,22)23)14-9-12(18)5-8-15(14)24-16/h3-9,16H,10H2,1-2H3,(H,19,21)/t16-/m1/s1. The lowest BCUT2D eigenvalue weighted by Gasteiger charge is -2.34. The van der Waals surface area contributed by atoms with Gasteiger partial charge in [0.1, 0.15) is 5.75 Å². The fourth-order valence-corrected chi connectivity index (χ4v) is 3.61. The molecule has 0 saturated carbocycles. The molecule has 1 amide bonds. The molecule has 3 rings (SSSR count). The maximum atomic E-state index is 12.5. The highest BCUT2D eigenvalue weighted by atomic mass is 35.5. The van der Waals surface area contributed by atoms with E-state index < -0.39 is 22.0 Å². The molecule has 6 nitrogen and oxygen atoms in total. The van der Waals surface area contributed by atoms with Gasteiger partial charge in [-0.3, -0.25) is 9.10 Å². The summed E-state index contributed by atoms with van der Waals surface area (Å²) in [4.78, 5) is 12.5. The third-order valence-corrected chi connectivity index (χ3v) is 5.18. The lowest BCUT2D eigenvalue weighted by molar-refractivity contribution is -0.122. The molecule has 0 aromatic heterocycles. The van der Waals surface area contributed by atoms with E-state index in [4.69, 9.17) is 16.3 Å². The number of aryl methyl sites for hydroxylation is 1. The smallest absolute Gasteiger partial charge is 0.267 e. The second-order valence-corrected chi connectivity index (χ2v) is 8.21. The van der Waals surface area contributed by atoms with Gasteiger partial charge in [-0.15, -0.1) is 0 Å². The van der Waals surface area contributed by atoms with Crippen molar-refractivity contribution >= 4 is 38.9 Å². The zero-order chi connectivity index (χ0) is 18.2. The van der Waals surface area contributed by atoms with E-state index in [1.807, 2.05) is 19.1 Å². The van der Waals surface area contributed by atoms with Crippen LogP contribution < -0.4 is 14.4 Å². The molecule has 0 radical (unpaired) electrons. The molecule has 0 saturated heterocycles. The van der Waals surface area contributed by atoms with E-state index in [9.17, 15) is 13.2 Å². The summed E-state index contributed by atoms with van der Waals surface area (Å²) in [5.41, 5.74) is 2.02. The van der Waals surface area contributed by atoms with Crippen LogP contribution in [-0.2, 0) is 14.8 Å². The average molecular weight is 381 g/mol. The quantitative estimate of drug-likeness (QED) is 0.888. The SMILES string of the molecule is Cc1ccc(NC(=O)[C@H]2CN(S(C)(=O)=O)c3cc(Cl)ccc3O2)cc1. The van der Waals surface area contributed by atoms with Gasteiger partial charge in [-0.25, -0.2) is 8.42 Å². The molecule has 0 bridgehead atoms. The minimum atomic E-state index is -3.59. The van der Waals surface area contributed by atoms with Gasteiger partial charge in [-0.05, 0) is 37.3 Å². The molecule has 1 N–H and O–H groups in total. The van der Waals surface area contributed by atoms with Gasteiger partial charge in [-0.1, -0.05) is 29.3 Å². The number of nitrogens with one attached hydrogen (secondary N) is 1. The molecule has 132 valence electrons. The number of ether oxygens (including phenoxy) is 1. The van der Waals surface area contributed by atoms with E-state index in [2.05, 4.69) is 5.32 Å². The highest BCUT2D eigenvalue weighted by molar-refractivity contribution is 7.92. The minimum Gasteiger partial charge on any atom is -0.476 e. The number of sulfonamides is 1. The Morgan fingerprint density at radius 3 is 2.56 bits per heavy atom. The maximum Gasteiger partial charge on any atom is 0.267 e. The Labute approximate surface area is 151 Å². The van der Waals surface area contributed by atoms with Gasteiger partial charge in [0, 0.05) is 10.7 Å². The average Bonchev–Trinajstić information content (AvgIpc) is 2.55. The van der Waals surface area contributed by atoms with E-state index >= 15 is 0 Å². The van der Waals surface area contributed by atoms with Gasteiger partial charge in [0.2, 0.25) is 10.0 Å². The number of fused-ring (bicyclic) bond motifs is 1. The zero-order valence-electron chi connectivity index (χ0n) is 13.7. The first-order valence-corrected chi connectivity index (χ1v) is 9.78. The molecule has 8 heteroatoms. The molecule has 1 heterocycles. The van der Waals surface area contributed by atoms with Gasteiger partial charge in [0.25, 0.3) is 5.91 Å². The molecule has 0 aliphatic carbocycles. The first kappa shape index (κ1) is 17.6. The number of hydrogen-bond acceptors (Lipinski definition) is 4. The number of benzene rings is 2. The molecule has 0 fully saturated rings. The topological polar surface area (TPSA) is 75.7 Å². The van der Waals surface area contributed by atoms with Crippen molar-refractivity contribution in [1.82, 2.24) is 0 Å². The molecule has 25 heavy (non-hydrogen) atoms. The third-order valence-electron chi connectivity index (χ3n) is 3.80. The number of hydrogen-bond donors (Lipinski definition) is 1. The number of carbonyl (C=O) groups excluding carboxylic acids is 1. The highest BCUT2D eigenvalue weighted by Crippen LogP contribution is 2.37. The predicted octanol–water partition coefficient (Wildman–Crippen LogP) is 2.81. The summed E-state index contributed by atoms with van der Waals surface area (Å²) >= 11 is 5.95. The Kier molecular flexibility index (Phi) is 4.62. The van der Waals surface area contributed by atoms with E-state index in [0.29, 0.717) is 22.1 Å². The Balaban J connectivity index is 1.87. The molecule has 1 aliphatic heterocycles. The number of halogens is 1. The molecule has 2 aromatic carbocycles. The molecule has 0 spiro atoms. The minimum absolute atomic E-state index is 0.121. The number of anilines is 2. The first-order valence-electron chi connectivity index (χ1n) is 7.55. The van der Waals surface area contributed by atoms with Crippen LogP contribution in [0.5, 0.6) is 5.75 Å². The monoisotopic (exact) mass is 380 g/mol. The van der Waals surface area contributed by atoms with Gasteiger partial charge < -0.3 is 10.1 Å². The van der Waals surface area contributed by atoms with Crippen LogP contribution in [0.2, 0.25) is 5.02 Å². The van der Waals surface area contributed by atoms with Crippen molar-refractivity contribution in [2.45, 2.75) is 13.0 Å². The predicted molar refractivity (Wildman–Crippen MR) is 97.9 cm³/mol. The lowest BCUT2D eigenvalue weighted by atomic mass is 10.2. The zero-order valence-corrected chi connectivity index (χ0v) is 15.3. The number of carbonyl (C=O) groups is 1. The Morgan fingerprint density at radius 2 is 1.92 bits per heavy atom. The Morgan fingerprint density at radius 1 is 1.24 bits per heavy atom. The van der Waals surface area contributed by atoms with Crippen LogP contribution in [0.15, 0.2) is 42.5 Å². The highest BCUT2D eigenvalue weighted by Gasteiger charge is 2.35. The number of rotatable bonds is 3. The van der Waals surface area contributed by atoms with Crippen molar-refractivity contribution < 1.29 is 17.9 Å². The van der Waals surface area contributed by atoms with Crippen molar-refractivity contribution in [3.63, 3.8) is 0 Å². The van der Waals surface area contributed by atoms with Crippen LogP contribution in [-0.4, -0.2) is 33.2 Å². The van der Waals surface area contributed by atoms with Crippen LogP contribution in [0.1, 0.15) is 5.56 Å². The van der Waals surface area contributed by atoms with Crippen LogP contribution in [0, 0.1) is 6.92 Å². The van der Waals surface area contributed by atoms with Gasteiger partial charge in [-0.2, -0.15) is 0 Å². The molecule has 0 unspecified atom stereocenters. The van der Waals surface area contributed by atoms with Crippen molar-refractivity contribution in [2.75, 3.05) is 22.4 Å². The normalized spacial score (nSPS) is 16.8. The van der Waals surface area contributed by atoms with E-state index in [1.165, 1.54) is 6.07 Å². The first-order chi connectivity index (χ1) is 11.7. The maximum absolute atomic E-state index is 12.5. The van der Waals surface area contributed by atoms with Crippen LogP contribution in [0.25, 0.3) is 0 Å². The van der Waals surface area contributed by atoms with Crippen molar-refractivity contribution in [3.8, 4) is 5.75 Å². The summed E-state index contributed by atoms with van der Waals surface area (Å²) in [6.07, 6.45) is 0.113. The fraction of sp³-hybridized carbons (Fsp3) is 0.235. The second-order valence-electron chi connectivity index (χ2n) is 5.87. The summed E-state index contributed by atoms with van der Waals surface area (Å²) in [6, 6.07) is 11.9. The number of nitrogens with zero attached hydrogens (tertiary/aromatic N) is 1. The van der Waals surface area contributed by atoms with Gasteiger partial charge in [0.15, 0.2) is 6.10 Å². The van der Waals surface area contributed by atoms with E-state index in [0.717, 1.165) is 16.1 Å². The summed E-state index contributed by atoms with van der Waals surface area (Å²) in [7, 11) is -3.59. The Bertz CT molecular complexity index is 913. The van der Waals surface area contributed by atoms with E-state index in [1.54, 1.807) is 24.3 Å². The van der Waals surface area contributed by atoms with Crippen molar-refractivity contribution in [3.05, 3.63) is 53.1 Å². The number of amides is 1. The fourth-order valence-electron chi connectivity index (χ4n) is 2.53. The summed E-state index contributed by atoms with van der Waals surface area (Å²) in [6.45, 7) is 1.83. The Hall–Kier alpha value is -2.25. The molecular formula is C17H17ClN2O4S. The van der Waals surface area contributed by atoms with Crippen LogP contribution in [0.4, 0.5) is 11.4 Å². The summed E-state index contributed by atoms with van der Waals surface area (Å²) in [5.74, 6) is -0.122. The van der Waals surface area contributed by atoms with E-state index in [-0.39, 0.29) is 6.54 Å². The summed E-state index contributed by atoms with van der Waals surface area (Å²) < 4.78 is 31.1. The van der Waals surface area contributed by atoms with Crippen molar-refractivity contribution in [2.24, 2.45) is 0 Å². The molecule has 1 aliphatic rings. The molecule has 2 aromatic rings. The van der Waals surface area contributed by atoms with Gasteiger partial charge in [0.05, 0.1) is 18.5 Å². The van der Waals surface area contributed by atoms with Crippen LogP contribution in [0.3, 0.4) is 0 Å². The van der Waals surface area contributed by atoms with Gasteiger partial charge >= 0.3 is 0 Å². The van der Waals surface area contributed by atoms with Crippen LogP contribution >= 0.6 is 11.6 Å². The summed E-state index contributed by atoms with van der Waals surface area (Å²) in [5, 5.41) is 3.13. The molecular weight excluding hydrogens is 364 g/mol. The largest absolute Gasteiger partial charge is 0.476 e.